The summed E-state index contributed by atoms with van der Waals surface area (Å²) in [6.07, 6.45) is 8.08. The molecule has 0 radical (unpaired) electrons. The summed E-state index contributed by atoms with van der Waals surface area (Å²) in [5, 5.41) is 3.42. The van der Waals surface area contributed by atoms with Gasteiger partial charge < -0.3 is 10.2 Å². The fourth-order valence-corrected chi connectivity index (χ4v) is 4.27. The molecule has 122 valence electrons. The third-order valence-corrected chi connectivity index (χ3v) is 5.71. The largest absolute Gasteiger partial charge is 0.339 e. The number of hydrogen-bond donors (Lipinski definition) is 1. The highest BCUT2D eigenvalue weighted by Gasteiger charge is 2.32. The van der Waals surface area contributed by atoms with Gasteiger partial charge in [-0.2, -0.15) is 0 Å². The molecule has 0 spiro atoms. The lowest BCUT2D eigenvalue weighted by molar-refractivity contribution is -0.138. The van der Waals surface area contributed by atoms with Gasteiger partial charge in [-0.1, -0.05) is 27.2 Å². The monoisotopic (exact) mass is 294 g/mol. The molecule has 0 aliphatic carbocycles. The smallest absolute Gasteiger partial charge is 0.223 e. The Kier molecular flexibility index (Phi) is 6.53. The van der Waals surface area contributed by atoms with E-state index < -0.39 is 0 Å². The van der Waals surface area contributed by atoms with Gasteiger partial charge >= 0.3 is 0 Å². The lowest BCUT2D eigenvalue weighted by Gasteiger charge is -2.41. The fourth-order valence-electron chi connectivity index (χ4n) is 4.27. The van der Waals surface area contributed by atoms with Crippen LogP contribution in [0, 0.1) is 17.8 Å². The van der Waals surface area contributed by atoms with Gasteiger partial charge in [0.15, 0.2) is 0 Å². The van der Waals surface area contributed by atoms with Gasteiger partial charge in [0, 0.05) is 19.0 Å². The lowest BCUT2D eigenvalue weighted by atomic mass is 9.82. The molecule has 0 aromatic carbocycles. The third-order valence-electron chi connectivity index (χ3n) is 5.71. The van der Waals surface area contributed by atoms with Crippen LogP contribution in [0.1, 0.15) is 65.7 Å². The second-order valence-electron chi connectivity index (χ2n) is 7.33. The van der Waals surface area contributed by atoms with E-state index in [4.69, 9.17) is 0 Å². The Morgan fingerprint density at radius 2 is 2.00 bits per heavy atom. The summed E-state index contributed by atoms with van der Waals surface area (Å²) in [5.74, 6) is 2.38. The summed E-state index contributed by atoms with van der Waals surface area (Å²) in [5.41, 5.74) is 0. The number of amides is 1. The summed E-state index contributed by atoms with van der Waals surface area (Å²) >= 11 is 0. The van der Waals surface area contributed by atoms with Crippen molar-refractivity contribution in [1.82, 2.24) is 10.2 Å². The van der Waals surface area contributed by atoms with E-state index in [2.05, 4.69) is 31.0 Å². The molecule has 2 aliphatic rings. The first-order chi connectivity index (χ1) is 10.1. The topological polar surface area (TPSA) is 32.3 Å². The first-order valence-electron chi connectivity index (χ1n) is 9.13. The molecule has 0 aromatic rings. The van der Waals surface area contributed by atoms with E-state index in [1.54, 1.807) is 0 Å². The molecule has 21 heavy (non-hydrogen) atoms. The maximum atomic E-state index is 12.8. The van der Waals surface area contributed by atoms with Crippen molar-refractivity contribution >= 4 is 5.91 Å². The van der Waals surface area contributed by atoms with E-state index in [1.807, 2.05) is 0 Å². The molecule has 3 unspecified atom stereocenters. The molecule has 2 aliphatic heterocycles. The third kappa shape index (κ3) is 4.45. The van der Waals surface area contributed by atoms with Gasteiger partial charge in [0.05, 0.1) is 0 Å². The van der Waals surface area contributed by atoms with E-state index in [9.17, 15) is 4.79 Å². The average molecular weight is 294 g/mol. The number of nitrogens with zero attached hydrogens (tertiary/aromatic N) is 1. The Balaban J connectivity index is 1.90. The van der Waals surface area contributed by atoms with E-state index in [0.717, 1.165) is 32.0 Å². The minimum Gasteiger partial charge on any atom is -0.339 e. The molecule has 0 saturated carbocycles. The standard InChI is InChI=1S/C18H34N2O/c1-4-6-17-14(2)7-5-12-20(17)18(21)13-15(3)16-8-10-19-11-9-16/h14-17,19H,4-13H2,1-3H3. The second kappa shape index (κ2) is 8.17. The van der Waals surface area contributed by atoms with Gasteiger partial charge in [0.2, 0.25) is 5.91 Å². The molecule has 2 fully saturated rings. The molecule has 3 nitrogen and oxygen atoms in total. The zero-order valence-corrected chi connectivity index (χ0v) is 14.2. The predicted molar refractivity (Wildman–Crippen MR) is 88.2 cm³/mol. The highest BCUT2D eigenvalue weighted by atomic mass is 16.2. The van der Waals surface area contributed by atoms with Gasteiger partial charge in [-0.3, -0.25) is 4.79 Å². The second-order valence-corrected chi connectivity index (χ2v) is 7.33. The van der Waals surface area contributed by atoms with Crippen LogP contribution in [-0.4, -0.2) is 36.5 Å². The Hall–Kier alpha value is -0.570. The van der Waals surface area contributed by atoms with Crippen LogP contribution in [0.15, 0.2) is 0 Å². The van der Waals surface area contributed by atoms with Crippen LogP contribution in [-0.2, 0) is 4.79 Å². The number of rotatable bonds is 5. The SMILES string of the molecule is CCCC1C(C)CCCN1C(=O)CC(C)C1CCNCC1. The molecule has 2 heterocycles. The number of nitrogens with one attached hydrogen (secondary N) is 1. The van der Waals surface area contributed by atoms with Gasteiger partial charge in [0.1, 0.15) is 0 Å². The number of likely N-dealkylation sites (tertiary alicyclic amines) is 1. The van der Waals surface area contributed by atoms with Crippen LogP contribution in [0.2, 0.25) is 0 Å². The lowest BCUT2D eigenvalue weighted by Crippen LogP contribution is -2.48. The van der Waals surface area contributed by atoms with Gasteiger partial charge in [-0.05, 0) is 62.9 Å². The van der Waals surface area contributed by atoms with Crippen molar-refractivity contribution < 1.29 is 4.79 Å². The molecule has 3 heteroatoms. The number of carbonyl (C=O) groups is 1. The maximum absolute atomic E-state index is 12.8. The van der Waals surface area contributed by atoms with E-state index in [1.165, 1.54) is 38.5 Å². The van der Waals surface area contributed by atoms with Crippen LogP contribution in [0.3, 0.4) is 0 Å². The molecule has 1 N–H and O–H groups in total. The fraction of sp³-hybridized carbons (Fsp3) is 0.944. The van der Waals surface area contributed by atoms with Gasteiger partial charge in [0.25, 0.3) is 0 Å². The number of piperidine rings is 2. The zero-order valence-electron chi connectivity index (χ0n) is 14.2. The first kappa shape index (κ1) is 16.8. The highest BCUT2D eigenvalue weighted by Crippen LogP contribution is 2.30. The van der Waals surface area contributed by atoms with E-state index >= 15 is 0 Å². The maximum Gasteiger partial charge on any atom is 0.223 e. The highest BCUT2D eigenvalue weighted by molar-refractivity contribution is 5.77. The van der Waals surface area contributed by atoms with E-state index in [0.29, 0.717) is 23.8 Å². The Bertz CT molecular complexity index is 325. The number of hydrogen-bond acceptors (Lipinski definition) is 2. The summed E-state index contributed by atoms with van der Waals surface area (Å²) in [6, 6.07) is 0.497. The Morgan fingerprint density at radius 3 is 2.67 bits per heavy atom. The van der Waals surface area contributed by atoms with Crippen LogP contribution < -0.4 is 5.32 Å². The summed E-state index contributed by atoms with van der Waals surface area (Å²) < 4.78 is 0. The molecule has 3 atom stereocenters. The average Bonchev–Trinajstić information content (AvgIpc) is 2.50. The van der Waals surface area contributed by atoms with Crippen molar-refractivity contribution in [3.8, 4) is 0 Å². The Morgan fingerprint density at radius 1 is 1.29 bits per heavy atom. The molecule has 0 aromatic heterocycles. The first-order valence-corrected chi connectivity index (χ1v) is 9.13. The summed E-state index contributed by atoms with van der Waals surface area (Å²) in [4.78, 5) is 15.0. The van der Waals surface area contributed by atoms with Crippen LogP contribution in [0.4, 0.5) is 0 Å². The molecule has 1 amide bonds. The molecule has 2 rings (SSSR count). The minimum atomic E-state index is 0.422. The molecule has 0 bridgehead atoms. The van der Waals surface area contributed by atoms with Gasteiger partial charge in [-0.15, -0.1) is 0 Å². The minimum absolute atomic E-state index is 0.422. The van der Waals surface area contributed by atoms with Crippen molar-refractivity contribution in [1.29, 1.82) is 0 Å². The van der Waals surface area contributed by atoms with Crippen LogP contribution in [0.5, 0.6) is 0 Å². The Labute approximate surface area is 130 Å². The van der Waals surface area contributed by atoms with Crippen molar-refractivity contribution in [2.45, 2.75) is 71.8 Å². The van der Waals surface area contributed by atoms with Crippen molar-refractivity contribution in [3.05, 3.63) is 0 Å². The van der Waals surface area contributed by atoms with Crippen molar-refractivity contribution in [2.75, 3.05) is 19.6 Å². The van der Waals surface area contributed by atoms with Crippen molar-refractivity contribution in [2.24, 2.45) is 17.8 Å². The van der Waals surface area contributed by atoms with Gasteiger partial charge in [-0.25, -0.2) is 0 Å². The quantitative estimate of drug-likeness (QED) is 0.842. The van der Waals surface area contributed by atoms with Crippen molar-refractivity contribution in [3.63, 3.8) is 0 Å². The molecular weight excluding hydrogens is 260 g/mol. The zero-order chi connectivity index (χ0) is 15.2. The molecular formula is C18H34N2O. The normalized spacial score (nSPS) is 29.4. The van der Waals surface area contributed by atoms with E-state index in [-0.39, 0.29) is 0 Å². The predicted octanol–water partition coefficient (Wildman–Crippen LogP) is 3.44. The number of carbonyl (C=O) groups excluding carboxylic acids is 1. The summed E-state index contributed by atoms with van der Waals surface area (Å²) in [6.45, 7) is 10.1. The van der Waals surface area contributed by atoms with Crippen LogP contribution >= 0.6 is 0 Å². The summed E-state index contributed by atoms with van der Waals surface area (Å²) in [7, 11) is 0. The molecule has 2 saturated heterocycles. The van der Waals surface area contributed by atoms with Crippen LogP contribution in [0.25, 0.3) is 0 Å².